The molecule has 0 aliphatic heterocycles. The monoisotopic (exact) mass is 232 g/mol. The van der Waals surface area contributed by atoms with Crippen molar-refractivity contribution in [3.63, 3.8) is 0 Å². The number of hydrogen-bond acceptors (Lipinski definition) is 0. The minimum absolute atomic E-state index is 0.818. The van der Waals surface area contributed by atoms with Crippen molar-refractivity contribution in [2.45, 2.75) is 65.7 Å². The highest BCUT2D eigenvalue weighted by Crippen LogP contribution is 2.44. The summed E-state index contributed by atoms with van der Waals surface area (Å²) in [6.07, 6.45) is 8.76. The largest absolute Gasteiger partial charge is 0.0998 e. The molecule has 0 nitrogen and oxygen atoms in total. The average Bonchev–Trinajstić information content (AvgIpc) is 2.35. The van der Waals surface area contributed by atoms with Crippen LogP contribution in [0.2, 0.25) is 0 Å². The van der Waals surface area contributed by atoms with E-state index in [1.165, 1.54) is 56.1 Å². The van der Waals surface area contributed by atoms with E-state index < -0.39 is 0 Å². The number of fused-ring (bicyclic) bond motifs is 1. The molecule has 0 amide bonds. The Balaban J connectivity index is 0.000000686. The van der Waals surface area contributed by atoms with Crippen LogP contribution in [-0.4, -0.2) is 0 Å². The molecule has 2 rings (SSSR count). The summed E-state index contributed by atoms with van der Waals surface area (Å²) in [5.41, 5.74) is 6.25. The number of hydrogen-bond donors (Lipinski definition) is 0. The van der Waals surface area contributed by atoms with Gasteiger partial charge in [-0.25, -0.2) is 0 Å². The zero-order valence-corrected chi connectivity index (χ0v) is 11.9. The van der Waals surface area contributed by atoms with Gasteiger partial charge in [-0.15, -0.1) is 0 Å². The summed E-state index contributed by atoms with van der Waals surface area (Å²) in [7, 11) is 0. The predicted molar refractivity (Wildman–Crippen MR) is 78.1 cm³/mol. The van der Waals surface area contributed by atoms with Gasteiger partial charge >= 0.3 is 0 Å². The third kappa shape index (κ3) is 3.34. The lowest BCUT2D eigenvalue weighted by Gasteiger charge is -2.34. The first kappa shape index (κ1) is 14.3. The normalized spacial score (nSPS) is 24.1. The van der Waals surface area contributed by atoms with Crippen molar-refractivity contribution in [2.24, 2.45) is 5.92 Å². The van der Waals surface area contributed by atoms with E-state index in [1.54, 1.807) is 11.1 Å². The first-order valence-corrected chi connectivity index (χ1v) is 7.29. The first-order valence-electron chi connectivity index (χ1n) is 7.29. The Morgan fingerprint density at radius 2 is 1.82 bits per heavy atom. The summed E-state index contributed by atoms with van der Waals surface area (Å²) < 4.78 is 0. The third-order valence-electron chi connectivity index (χ3n) is 3.88. The third-order valence-corrected chi connectivity index (χ3v) is 3.88. The van der Waals surface area contributed by atoms with Crippen molar-refractivity contribution in [3.05, 3.63) is 35.5 Å². The summed E-state index contributed by atoms with van der Waals surface area (Å²) >= 11 is 0. The van der Waals surface area contributed by atoms with Crippen molar-refractivity contribution in [1.29, 1.82) is 0 Å². The predicted octanol–water partition coefficient (Wildman–Crippen LogP) is 5.82. The molecular formula is C17H28. The minimum atomic E-state index is 0.818. The molecule has 0 heteroatoms. The van der Waals surface area contributed by atoms with Crippen molar-refractivity contribution in [2.75, 3.05) is 0 Å². The molecule has 2 aliphatic carbocycles. The Bertz CT molecular complexity index is 317. The molecule has 1 unspecified atom stereocenters. The van der Waals surface area contributed by atoms with Crippen molar-refractivity contribution < 1.29 is 0 Å². The molecule has 0 N–H and O–H groups in total. The maximum atomic E-state index is 4.24. The van der Waals surface area contributed by atoms with E-state index in [0.29, 0.717) is 0 Å². The SMILES string of the molecule is C=C1CCC2=C(CCC)C(=C)CCC2C1.CC. The fourth-order valence-electron chi connectivity index (χ4n) is 3.08. The van der Waals surface area contributed by atoms with Crippen LogP contribution in [0.5, 0.6) is 0 Å². The molecular weight excluding hydrogens is 204 g/mol. The molecule has 0 aromatic heterocycles. The Hall–Kier alpha value is -0.780. The molecule has 1 fully saturated rings. The molecule has 0 saturated heterocycles. The van der Waals surface area contributed by atoms with Gasteiger partial charge in [0.25, 0.3) is 0 Å². The van der Waals surface area contributed by atoms with E-state index in [9.17, 15) is 0 Å². The van der Waals surface area contributed by atoms with Crippen LogP contribution in [0.3, 0.4) is 0 Å². The molecule has 0 radical (unpaired) electrons. The summed E-state index contributed by atoms with van der Waals surface area (Å²) in [6.45, 7) is 14.7. The van der Waals surface area contributed by atoms with E-state index in [1.807, 2.05) is 13.8 Å². The maximum Gasteiger partial charge on any atom is -0.0157 e. The van der Waals surface area contributed by atoms with Crippen LogP contribution in [0.15, 0.2) is 35.5 Å². The molecule has 0 heterocycles. The summed E-state index contributed by atoms with van der Waals surface area (Å²) in [6, 6.07) is 0. The second-order valence-corrected chi connectivity index (χ2v) is 5.05. The molecule has 0 aromatic carbocycles. The Morgan fingerprint density at radius 3 is 2.47 bits per heavy atom. The van der Waals surface area contributed by atoms with E-state index in [2.05, 4.69) is 20.1 Å². The summed E-state index contributed by atoms with van der Waals surface area (Å²) in [4.78, 5) is 0. The number of allylic oxidation sites excluding steroid dienone is 4. The smallest absolute Gasteiger partial charge is 0.0157 e. The molecule has 17 heavy (non-hydrogen) atoms. The quantitative estimate of drug-likeness (QED) is 0.527. The summed E-state index contributed by atoms with van der Waals surface area (Å²) in [5.74, 6) is 0.818. The van der Waals surface area contributed by atoms with Crippen LogP contribution in [0.1, 0.15) is 65.7 Å². The van der Waals surface area contributed by atoms with Gasteiger partial charge in [-0.3, -0.25) is 0 Å². The molecule has 0 spiro atoms. The fourth-order valence-corrected chi connectivity index (χ4v) is 3.08. The Labute approximate surface area is 108 Å². The van der Waals surface area contributed by atoms with Gasteiger partial charge in [-0.2, -0.15) is 0 Å². The van der Waals surface area contributed by atoms with E-state index in [0.717, 1.165) is 5.92 Å². The van der Waals surface area contributed by atoms with Gasteiger partial charge in [0.2, 0.25) is 0 Å². The molecule has 0 aromatic rings. The van der Waals surface area contributed by atoms with Crippen LogP contribution in [-0.2, 0) is 0 Å². The number of rotatable bonds is 2. The van der Waals surface area contributed by atoms with Gasteiger partial charge in [-0.1, -0.05) is 57.1 Å². The van der Waals surface area contributed by atoms with Crippen LogP contribution in [0, 0.1) is 5.92 Å². The first-order chi connectivity index (χ1) is 8.22. The Kier molecular flexibility index (Phi) is 5.74. The maximum absolute atomic E-state index is 4.24. The zero-order valence-electron chi connectivity index (χ0n) is 11.9. The van der Waals surface area contributed by atoms with Gasteiger partial charge in [0.05, 0.1) is 0 Å². The van der Waals surface area contributed by atoms with Gasteiger partial charge in [0.15, 0.2) is 0 Å². The van der Waals surface area contributed by atoms with Crippen LogP contribution < -0.4 is 0 Å². The molecule has 0 bridgehead atoms. The van der Waals surface area contributed by atoms with Gasteiger partial charge in [0.1, 0.15) is 0 Å². The van der Waals surface area contributed by atoms with E-state index >= 15 is 0 Å². The van der Waals surface area contributed by atoms with Gasteiger partial charge < -0.3 is 0 Å². The summed E-state index contributed by atoms with van der Waals surface area (Å²) in [5, 5.41) is 0. The van der Waals surface area contributed by atoms with Gasteiger partial charge in [0, 0.05) is 0 Å². The minimum Gasteiger partial charge on any atom is -0.0998 e. The molecule has 96 valence electrons. The lowest BCUT2D eigenvalue weighted by Crippen LogP contribution is -2.18. The fraction of sp³-hybridized carbons (Fsp3) is 0.647. The van der Waals surface area contributed by atoms with Crippen LogP contribution in [0.4, 0.5) is 0 Å². The highest BCUT2D eigenvalue weighted by Gasteiger charge is 2.27. The van der Waals surface area contributed by atoms with Crippen molar-refractivity contribution in [3.8, 4) is 0 Å². The lowest BCUT2D eigenvalue weighted by atomic mass is 9.71. The molecule has 1 saturated carbocycles. The second-order valence-electron chi connectivity index (χ2n) is 5.05. The second kappa shape index (κ2) is 6.83. The van der Waals surface area contributed by atoms with Crippen LogP contribution in [0.25, 0.3) is 0 Å². The van der Waals surface area contributed by atoms with Gasteiger partial charge in [-0.05, 0) is 50.0 Å². The molecule has 1 atom stereocenters. The average molecular weight is 232 g/mol. The highest BCUT2D eigenvalue weighted by molar-refractivity contribution is 5.39. The Morgan fingerprint density at radius 1 is 1.12 bits per heavy atom. The van der Waals surface area contributed by atoms with E-state index in [-0.39, 0.29) is 0 Å². The van der Waals surface area contributed by atoms with Crippen molar-refractivity contribution in [1.82, 2.24) is 0 Å². The van der Waals surface area contributed by atoms with E-state index in [4.69, 9.17) is 0 Å². The zero-order chi connectivity index (χ0) is 12.8. The lowest BCUT2D eigenvalue weighted by molar-refractivity contribution is 0.469. The standard InChI is InChI=1S/C15H22.C2H6/c1-4-5-14-12(3)7-8-13-10-11(2)6-9-15(13)14;1-2/h13H,2-10H2,1H3;1-2H3. The topological polar surface area (TPSA) is 0 Å². The van der Waals surface area contributed by atoms with Crippen LogP contribution >= 0.6 is 0 Å². The highest BCUT2D eigenvalue weighted by atomic mass is 14.3. The van der Waals surface area contributed by atoms with Crippen molar-refractivity contribution >= 4 is 0 Å². The molecule has 2 aliphatic rings.